The van der Waals surface area contributed by atoms with Crippen molar-refractivity contribution in [3.05, 3.63) is 34.4 Å². The van der Waals surface area contributed by atoms with E-state index in [-0.39, 0.29) is 5.69 Å². The fourth-order valence-corrected chi connectivity index (χ4v) is 2.24. The Morgan fingerprint density at radius 3 is 3.00 bits per heavy atom. The Morgan fingerprint density at radius 1 is 1.44 bits per heavy atom. The molecule has 98 valence electrons. The van der Waals surface area contributed by atoms with E-state index in [1.54, 1.807) is 18.2 Å². The van der Waals surface area contributed by atoms with Crippen LogP contribution in [0.1, 0.15) is 19.3 Å². The lowest BCUT2D eigenvalue weighted by atomic mass is 9.97. The molecular weight excluding hydrogens is 232 g/mol. The van der Waals surface area contributed by atoms with Crippen molar-refractivity contribution in [1.29, 1.82) is 0 Å². The van der Waals surface area contributed by atoms with E-state index >= 15 is 0 Å². The van der Waals surface area contributed by atoms with E-state index in [0.717, 1.165) is 19.5 Å². The molecule has 0 aliphatic carbocycles. The number of rotatable bonds is 5. The molecule has 1 atom stereocenters. The lowest BCUT2D eigenvalue weighted by molar-refractivity contribution is -0.385. The third kappa shape index (κ3) is 3.43. The van der Waals surface area contributed by atoms with Crippen molar-refractivity contribution < 1.29 is 9.66 Å². The van der Waals surface area contributed by atoms with E-state index in [0.29, 0.717) is 18.3 Å². The number of benzene rings is 1. The molecule has 1 aromatic rings. The van der Waals surface area contributed by atoms with Gasteiger partial charge in [-0.25, -0.2) is 0 Å². The van der Waals surface area contributed by atoms with Crippen molar-refractivity contribution in [3.8, 4) is 5.75 Å². The summed E-state index contributed by atoms with van der Waals surface area (Å²) in [6, 6.07) is 6.52. The van der Waals surface area contributed by atoms with Crippen LogP contribution in [0.4, 0.5) is 5.69 Å². The maximum absolute atomic E-state index is 10.8. The Hall–Kier alpha value is -1.62. The molecule has 1 unspecified atom stereocenters. The number of nitrogens with zero attached hydrogens (tertiary/aromatic N) is 1. The standard InChI is InChI=1S/C13H18N2O3/c16-15(17)12-5-1-2-6-13(12)18-9-7-11-4-3-8-14-10-11/h1-2,5-6,11,14H,3-4,7-10H2. The van der Waals surface area contributed by atoms with E-state index in [9.17, 15) is 10.1 Å². The summed E-state index contributed by atoms with van der Waals surface area (Å²) in [5, 5.41) is 14.2. The number of hydrogen-bond donors (Lipinski definition) is 1. The van der Waals surface area contributed by atoms with Gasteiger partial charge in [-0.2, -0.15) is 0 Å². The molecule has 1 saturated heterocycles. The monoisotopic (exact) mass is 250 g/mol. The Morgan fingerprint density at radius 2 is 2.28 bits per heavy atom. The molecule has 5 heteroatoms. The molecule has 2 rings (SSSR count). The number of nitro benzene ring substituents is 1. The van der Waals surface area contributed by atoms with Gasteiger partial charge in [0.25, 0.3) is 0 Å². The van der Waals surface area contributed by atoms with Gasteiger partial charge in [0.2, 0.25) is 0 Å². The zero-order valence-corrected chi connectivity index (χ0v) is 10.3. The predicted octanol–water partition coefficient (Wildman–Crippen LogP) is 2.36. The minimum atomic E-state index is -0.405. The summed E-state index contributed by atoms with van der Waals surface area (Å²) in [4.78, 5) is 10.4. The maximum Gasteiger partial charge on any atom is 0.310 e. The highest BCUT2D eigenvalue weighted by Crippen LogP contribution is 2.26. The highest BCUT2D eigenvalue weighted by molar-refractivity contribution is 5.45. The summed E-state index contributed by atoms with van der Waals surface area (Å²) in [5.74, 6) is 0.993. The van der Waals surface area contributed by atoms with Gasteiger partial charge < -0.3 is 10.1 Å². The summed E-state index contributed by atoms with van der Waals surface area (Å²) in [7, 11) is 0. The fraction of sp³-hybridized carbons (Fsp3) is 0.538. The molecule has 1 aromatic carbocycles. The Labute approximate surface area is 106 Å². The Balaban J connectivity index is 1.84. The van der Waals surface area contributed by atoms with Crippen molar-refractivity contribution in [3.63, 3.8) is 0 Å². The molecular formula is C13H18N2O3. The molecule has 0 bridgehead atoms. The van der Waals surface area contributed by atoms with Crippen LogP contribution in [0.2, 0.25) is 0 Å². The maximum atomic E-state index is 10.8. The first-order chi connectivity index (χ1) is 8.77. The van der Waals surface area contributed by atoms with Crippen molar-refractivity contribution in [2.75, 3.05) is 19.7 Å². The highest BCUT2D eigenvalue weighted by Gasteiger charge is 2.16. The molecule has 0 amide bonds. The van der Waals surface area contributed by atoms with Gasteiger partial charge in [0.1, 0.15) is 0 Å². The molecule has 1 fully saturated rings. The normalized spacial score (nSPS) is 19.4. The van der Waals surface area contributed by atoms with E-state index in [1.165, 1.54) is 18.9 Å². The van der Waals surface area contributed by atoms with Crippen LogP contribution >= 0.6 is 0 Å². The molecule has 0 aromatic heterocycles. The van der Waals surface area contributed by atoms with Crippen molar-refractivity contribution in [2.24, 2.45) is 5.92 Å². The van der Waals surface area contributed by atoms with Crippen LogP contribution < -0.4 is 10.1 Å². The van der Waals surface area contributed by atoms with Gasteiger partial charge in [-0.1, -0.05) is 12.1 Å². The summed E-state index contributed by atoms with van der Waals surface area (Å²) < 4.78 is 5.53. The first-order valence-electron chi connectivity index (χ1n) is 6.34. The molecule has 0 radical (unpaired) electrons. The second-order valence-corrected chi connectivity index (χ2v) is 4.57. The molecule has 0 saturated carbocycles. The topological polar surface area (TPSA) is 64.4 Å². The van der Waals surface area contributed by atoms with Crippen LogP contribution in [0, 0.1) is 16.0 Å². The molecule has 18 heavy (non-hydrogen) atoms. The second kappa shape index (κ2) is 6.35. The fourth-order valence-electron chi connectivity index (χ4n) is 2.24. The third-order valence-electron chi connectivity index (χ3n) is 3.24. The average Bonchev–Trinajstić information content (AvgIpc) is 2.40. The lowest BCUT2D eigenvalue weighted by Crippen LogP contribution is -2.30. The zero-order chi connectivity index (χ0) is 12.8. The van der Waals surface area contributed by atoms with E-state index in [1.807, 2.05) is 0 Å². The Kier molecular flexibility index (Phi) is 4.52. The van der Waals surface area contributed by atoms with E-state index < -0.39 is 4.92 Å². The van der Waals surface area contributed by atoms with Gasteiger partial charge >= 0.3 is 5.69 Å². The summed E-state index contributed by atoms with van der Waals surface area (Å²) in [6.45, 7) is 2.67. The number of nitrogens with one attached hydrogen (secondary N) is 1. The smallest absolute Gasteiger partial charge is 0.310 e. The van der Waals surface area contributed by atoms with Gasteiger partial charge in [0.15, 0.2) is 5.75 Å². The number of ether oxygens (including phenoxy) is 1. The largest absolute Gasteiger partial charge is 0.487 e. The van der Waals surface area contributed by atoms with Crippen LogP contribution in [-0.2, 0) is 0 Å². The first-order valence-corrected chi connectivity index (χ1v) is 6.34. The average molecular weight is 250 g/mol. The van der Waals surface area contributed by atoms with Crippen LogP contribution in [0.5, 0.6) is 5.75 Å². The first kappa shape index (κ1) is 12.8. The molecule has 1 N–H and O–H groups in total. The quantitative estimate of drug-likeness (QED) is 0.643. The van der Waals surface area contributed by atoms with Crippen LogP contribution in [0.3, 0.4) is 0 Å². The van der Waals surface area contributed by atoms with Gasteiger partial charge in [-0.3, -0.25) is 10.1 Å². The summed E-state index contributed by atoms with van der Waals surface area (Å²) in [5.41, 5.74) is 0.0410. The van der Waals surface area contributed by atoms with Crippen molar-refractivity contribution >= 4 is 5.69 Å². The van der Waals surface area contributed by atoms with Gasteiger partial charge in [0, 0.05) is 6.07 Å². The number of piperidine rings is 1. The zero-order valence-electron chi connectivity index (χ0n) is 10.3. The van der Waals surface area contributed by atoms with Crippen LogP contribution in [0.25, 0.3) is 0 Å². The second-order valence-electron chi connectivity index (χ2n) is 4.57. The van der Waals surface area contributed by atoms with Crippen molar-refractivity contribution in [2.45, 2.75) is 19.3 Å². The molecule has 5 nitrogen and oxygen atoms in total. The van der Waals surface area contributed by atoms with Gasteiger partial charge in [0.05, 0.1) is 11.5 Å². The summed E-state index contributed by atoms with van der Waals surface area (Å²) in [6.07, 6.45) is 3.36. The number of hydrogen-bond acceptors (Lipinski definition) is 4. The molecule has 1 heterocycles. The van der Waals surface area contributed by atoms with Crippen LogP contribution in [-0.4, -0.2) is 24.6 Å². The lowest BCUT2D eigenvalue weighted by Gasteiger charge is -2.22. The number of para-hydroxylation sites is 2. The van der Waals surface area contributed by atoms with Gasteiger partial charge in [-0.15, -0.1) is 0 Å². The number of nitro groups is 1. The minimum Gasteiger partial charge on any atom is -0.487 e. The summed E-state index contributed by atoms with van der Waals surface area (Å²) >= 11 is 0. The minimum absolute atomic E-state index is 0.0410. The van der Waals surface area contributed by atoms with Gasteiger partial charge in [-0.05, 0) is 44.3 Å². The van der Waals surface area contributed by atoms with Crippen molar-refractivity contribution in [1.82, 2.24) is 5.32 Å². The predicted molar refractivity (Wildman–Crippen MR) is 68.8 cm³/mol. The molecule has 1 aliphatic rings. The third-order valence-corrected chi connectivity index (χ3v) is 3.24. The van der Waals surface area contributed by atoms with E-state index in [2.05, 4.69) is 5.32 Å². The van der Waals surface area contributed by atoms with Crippen LogP contribution in [0.15, 0.2) is 24.3 Å². The highest BCUT2D eigenvalue weighted by atomic mass is 16.6. The Bertz CT molecular complexity index is 403. The molecule has 1 aliphatic heterocycles. The SMILES string of the molecule is O=[N+]([O-])c1ccccc1OCCC1CCCNC1. The molecule has 0 spiro atoms. The van der Waals surface area contributed by atoms with E-state index in [4.69, 9.17) is 4.74 Å².